The molecule has 4 nitrogen and oxygen atoms in total. The number of para-hydroxylation sites is 1. The first kappa shape index (κ1) is 15.3. The number of ether oxygens (including phenoxy) is 2. The normalized spacial score (nSPS) is 12.9. The SMILES string of the molecule is CCOC(=O)C(N)Cc1ccccc1OC(F)(F)F. The van der Waals surface area contributed by atoms with Gasteiger partial charge in [0.25, 0.3) is 0 Å². The van der Waals surface area contributed by atoms with Crippen molar-refractivity contribution < 1.29 is 27.4 Å². The Morgan fingerprint density at radius 1 is 1.37 bits per heavy atom. The van der Waals surface area contributed by atoms with Gasteiger partial charge < -0.3 is 15.2 Å². The van der Waals surface area contributed by atoms with Crippen LogP contribution in [0.2, 0.25) is 0 Å². The molecule has 0 radical (unpaired) electrons. The highest BCUT2D eigenvalue weighted by atomic mass is 19.4. The third kappa shape index (κ3) is 5.17. The predicted molar refractivity (Wildman–Crippen MR) is 61.4 cm³/mol. The number of nitrogens with two attached hydrogens (primary N) is 1. The van der Waals surface area contributed by atoms with Gasteiger partial charge in [0.1, 0.15) is 11.8 Å². The van der Waals surface area contributed by atoms with Crippen LogP contribution < -0.4 is 10.5 Å². The highest BCUT2D eigenvalue weighted by Gasteiger charge is 2.32. The zero-order valence-electron chi connectivity index (χ0n) is 10.2. The molecule has 0 aromatic heterocycles. The number of benzene rings is 1. The van der Waals surface area contributed by atoms with Crippen LogP contribution in [0.1, 0.15) is 12.5 Å². The summed E-state index contributed by atoms with van der Waals surface area (Å²) in [4.78, 5) is 11.3. The molecule has 0 heterocycles. The third-order valence-corrected chi connectivity index (χ3v) is 2.23. The Balaban J connectivity index is 2.80. The fourth-order valence-corrected chi connectivity index (χ4v) is 1.47. The summed E-state index contributed by atoms with van der Waals surface area (Å²) in [6.45, 7) is 1.78. The van der Waals surface area contributed by atoms with Gasteiger partial charge in [-0.05, 0) is 18.6 Å². The van der Waals surface area contributed by atoms with Crippen molar-refractivity contribution in [1.82, 2.24) is 0 Å². The minimum Gasteiger partial charge on any atom is -0.465 e. The first-order valence-electron chi connectivity index (χ1n) is 5.59. The topological polar surface area (TPSA) is 61.5 Å². The van der Waals surface area contributed by atoms with Gasteiger partial charge in [-0.2, -0.15) is 0 Å². The molecule has 2 N–H and O–H groups in total. The maximum atomic E-state index is 12.2. The van der Waals surface area contributed by atoms with E-state index in [0.29, 0.717) is 0 Å². The molecule has 0 amide bonds. The smallest absolute Gasteiger partial charge is 0.465 e. The van der Waals surface area contributed by atoms with Crippen LogP contribution in [0.15, 0.2) is 24.3 Å². The molecule has 19 heavy (non-hydrogen) atoms. The van der Waals surface area contributed by atoms with E-state index in [9.17, 15) is 18.0 Å². The lowest BCUT2D eigenvalue weighted by atomic mass is 10.1. The number of carbonyl (C=O) groups excluding carboxylic acids is 1. The molecule has 0 saturated carbocycles. The van der Waals surface area contributed by atoms with Gasteiger partial charge >= 0.3 is 12.3 Å². The molecule has 106 valence electrons. The van der Waals surface area contributed by atoms with Crippen molar-refractivity contribution in [2.45, 2.75) is 25.7 Å². The second kappa shape index (κ2) is 6.42. The minimum absolute atomic E-state index is 0.0922. The average Bonchev–Trinajstić information content (AvgIpc) is 2.30. The fraction of sp³-hybridized carbons (Fsp3) is 0.417. The summed E-state index contributed by atoms with van der Waals surface area (Å²) in [6, 6.07) is 4.50. The van der Waals surface area contributed by atoms with Crippen LogP contribution in [-0.4, -0.2) is 25.0 Å². The van der Waals surface area contributed by atoms with Crippen molar-refractivity contribution in [3.63, 3.8) is 0 Å². The van der Waals surface area contributed by atoms with E-state index in [1.807, 2.05) is 0 Å². The van der Waals surface area contributed by atoms with E-state index in [0.717, 1.165) is 0 Å². The molecular formula is C12H14F3NO3. The van der Waals surface area contributed by atoms with Gasteiger partial charge in [0.05, 0.1) is 6.61 Å². The van der Waals surface area contributed by atoms with Gasteiger partial charge in [0, 0.05) is 6.42 Å². The van der Waals surface area contributed by atoms with Crippen LogP contribution in [0, 0.1) is 0 Å². The lowest BCUT2D eigenvalue weighted by Gasteiger charge is -2.15. The van der Waals surface area contributed by atoms with Crippen LogP contribution in [0.4, 0.5) is 13.2 Å². The number of halogens is 3. The summed E-state index contributed by atoms with van der Waals surface area (Å²) < 4.78 is 45.1. The minimum atomic E-state index is -4.79. The Kier molecular flexibility index (Phi) is 5.17. The van der Waals surface area contributed by atoms with E-state index >= 15 is 0 Å². The summed E-state index contributed by atoms with van der Waals surface area (Å²) >= 11 is 0. The Morgan fingerprint density at radius 2 is 2.00 bits per heavy atom. The first-order chi connectivity index (χ1) is 8.83. The van der Waals surface area contributed by atoms with Crippen LogP contribution in [0.3, 0.4) is 0 Å². The number of hydrogen-bond acceptors (Lipinski definition) is 4. The van der Waals surface area contributed by atoms with E-state index in [2.05, 4.69) is 9.47 Å². The Morgan fingerprint density at radius 3 is 2.58 bits per heavy atom. The molecule has 1 aromatic carbocycles. The molecule has 0 fully saturated rings. The third-order valence-electron chi connectivity index (χ3n) is 2.23. The summed E-state index contributed by atoms with van der Waals surface area (Å²) in [5.41, 5.74) is 5.75. The van der Waals surface area contributed by atoms with Gasteiger partial charge in [-0.15, -0.1) is 13.2 Å². The van der Waals surface area contributed by atoms with Crippen LogP contribution in [-0.2, 0) is 16.0 Å². The van der Waals surface area contributed by atoms with E-state index in [4.69, 9.17) is 5.73 Å². The number of hydrogen-bond donors (Lipinski definition) is 1. The van der Waals surface area contributed by atoms with Crippen molar-refractivity contribution in [3.8, 4) is 5.75 Å². The van der Waals surface area contributed by atoms with Crippen LogP contribution in [0.25, 0.3) is 0 Å². The zero-order valence-corrected chi connectivity index (χ0v) is 10.2. The Bertz CT molecular complexity index is 434. The highest BCUT2D eigenvalue weighted by Crippen LogP contribution is 2.26. The molecule has 0 spiro atoms. The zero-order chi connectivity index (χ0) is 14.5. The van der Waals surface area contributed by atoms with Crippen molar-refractivity contribution in [2.24, 2.45) is 5.73 Å². The second-order valence-corrected chi connectivity index (χ2v) is 3.72. The number of esters is 1. The van der Waals surface area contributed by atoms with E-state index in [1.165, 1.54) is 24.3 Å². The standard InChI is InChI=1S/C12H14F3NO3/c1-2-18-11(17)9(16)7-8-5-3-4-6-10(8)19-12(13,14)15/h3-6,9H,2,7,16H2,1H3. The van der Waals surface area contributed by atoms with Crippen LogP contribution >= 0.6 is 0 Å². The van der Waals surface area contributed by atoms with Crippen molar-refractivity contribution >= 4 is 5.97 Å². The predicted octanol–water partition coefficient (Wildman–Crippen LogP) is 2.02. The number of carbonyl (C=O) groups is 1. The molecule has 1 atom stereocenters. The lowest BCUT2D eigenvalue weighted by Crippen LogP contribution is -2.34. The molecule has 1 unspecified atom stereocenters. The monoisotopic (exact) mass is 277 g/mol. The summed E-state index contributed by atoms with van der Waals surface area (Å²) in [5, 5.41) is 0. The second-order valence-electron chi connectivity index (χ2n) is 3.72. The summed E-state index contributed by atoms with van der Waals surface area (Å²) in [7, 11) is 0. The Hall–Kier alpha value is -1.76. The summed E-state index contributed by atoms with van der Waals surface area (Å²) in [6.07, 6.45) is -4.88. The molecule has 0 aliphatic heterocycles. The molecule has 1 rings (SSSR count). The van der Waals surface area contributed by atoms with Gasteiger partial charge in [-0.3, -0.25) is 4.79 Å². The maximum Gasteiger partial charge on any atom is 0.573 e. The fourth-order valence-electron chi connectivity index (χ4n) is 1.47. The molecule has 0 bridgehead atoms. The van der Waals surface area contributed by atoms with Gasteiger partial charge in [0.2, 0.25) is 0 Å². The molecule has 1 aromatic rings. The van der Waals surface area contributed by atoms with Gasteiger partial charge in [-0.25, -0.2) is 0 Å². The highest BCUT2D eigenvalue weighted by molar-refractivity contribution is 5.76. The summed E-state index contributed by atoms with van der Waals surface area (Å²) in [5.74, 6) is -1.03. The quantitative estimate of drug-likeness (QED) is 0.836. The molecular weight excluding hydrogens is 263 g/mol. The molecule has 0 aliphatic rings. The van der Waals surface area contributed by atoms with E-state index in [1.54, 1.807) is 6.92 Å². The van der Waals surface area contributed by atoms with Gasteiger partial charge in [-0.1, -0.05) is 18.2 Å². The number of alkyl halides is 3. The number of rotatable bonds is 5. The van der Waals surface area contributed by atoms with E-state index < -0.39 is 18.4 Å². The van der Waals surface area contributed by atoms with E-state index in [-0.39, 0.29) is 24.3 Å². The molecule has 0 aliphatic carbocycles. The van der Waals surface area contributed by atoms with Gasteiger partial charge in [0.15, 0.2) is 0 Å². The van der Waals surface area contributed by atoms with Crippen LogP contribution in [0.5, 0.6) is 5.75 Å². The Labute approximate surface area is 108 Å². The average molecular weight is 277 g/mol. The van der Waals surface area contributed by atoms with Crippen molar-refractivity contribution in [2.75, 3.05) is 6.61 Å². The van der Waals surface area contributed by atoms with Crippen molar-refractivity contribution in [3.05, 3.63) is 29.8 Å². The molecule has 7 heteroatoms. The van der Waals surface area contributed by atoms with Crippen molar-refractivity contribution in [1.29, 1.82) is 0 Å². The largest absolute Gasteiger partial charge is 0.573 e. The maximum absolute atomic E-state index is 12.2. The molecule has 0 saturated heterocycles. The lowest BCUT2D eigenvalue weighted by molar-refractivity contribution is -0.274. The first-order valence-corrected chi connectivity index (χ1v) is 5.59.